The van der Waals surface area contributed by atoms with Crippen molar-refractivity contribution in [1.82, 2.24) is 10.0 Å². The van der Waals surface area contributed by atoms with E-state index in [0.29, 0.717) is 23.7 Å². The van der Waals surface area contributed by atoms with Gasteiger partial charge in [-0.15, -0.1) is 0 Å². The minimum atomic E-state index is -3.68. The van der Waals surface area contributed by atoms with Crippen molar-refractivity contribution in [3.05, 3.63) is 27.7 Å². The second-order valence-corrected chi connectivity index (χ2v) is 7.44. The standard InChI is InChI=1S/C13H18Cl2N2O3S/c1-16-7-9-5-13(12(15)6-11(9)14)21(18,19)17-8-10-3-2-4-20-10/h5-6,10,16-17H,2-4,7-8H2,1H3. The van der Waals surface area contributed by atoms with E-state index in [2.05, 4.69) is 10.0 Å². The van der Waals surface area contributed by atoms with Crippen molar-refractivity contribution in [3.8, 4) is 0 Å². The molecule has 1 aromatic rings. The molecule has 1 aromatic carbocycles. The molecule has 1 saturated heterocycles. The minimum Gasteiger partial charge on any atom is -0.377 e. The van der Waals surface area contributed by atoms with E-state index in [0.717, 1.165) is 12.8 Å². The molecule has 1 fully saturated rings. The lowest BCUT2D eigenvalue weighted by Crippen LogP contribution is -2.32. The van der Waals surface area contributed by atoms with Gasteiger partial charge in [0.25, 0.3) is 0 Å². The number of sulfonamides is 1. The second-order valence-electron chi connectivity index (χ2n) is 4.89. The first-order chi connectivity index (χ1) is 9.94. The van der Waals surface area contributed by atoms with Crippen molar-refractivity contribution in [2.24, 2.45) is 0 Å². The number of ether oxygens (including phenoxy) is 1. The Hall–Kier alpha value is -0.370. The van der Waals surface area contributed by atoms with Crippen LogP contribution in [0.4, 0.5) is 0 Å². The fourth-order valence-corrected chi connectivity index (χ4v) is 4.12. The number of hydrogen-bond acceptors (Lipinski definition) is 4. The first-order valence-corrected chi connectivity index (χ1v) is 8.91. The van der Waals surface area contributed by atoms with E-state index >= 15 is 0 Å². The number of nitrogens with one attached hydrogen (secondary N) is 2. The molecule has 0 spiro atoms. The van der Waals surface area contributed by atoms with Crippen LogP contribution >= 0.6 is 23.2 Å². The lowest BCUT2D eigenvalue weighted by Gasteiger charge is -2.14. The van der Waals surface area contributed by atoms with Gasteiger partial charge in [-0.2, -0.15) is 0 Å². The predicted octanol–water partition coefficient (Wildman–Crippen LogP) is 2.17. The molecule has 5 nitrogen and oxygen atoms in total. The van der Waals surface area contributed by atoms with Crippen LogP contribution < -0.4 is 10.0 Å². The number of rotatable bonds is 6. The summed E-state index contributed by atoms with van der Waals surface area (Å²) in [5.74, 6) is 0. The SMILES string of the molecule is CNCc1cc(S(=O)(=O)NCC2CCCO2)c(Cl)cc1Cl. The van der Waals surface area contributed by atoms with Crippen LogP contribution in [0.1, 0.15) is 18.4 Å². The Morgan fingerprint density at radius 2 is 2.10 bits per heavy atom. The monoisotopic (exact) mass is 352 g/mol. The second kappa shape index (κ2) is 7.26. The van der Waals surface area contributed by atoms with Gasteiger partial charge in [0.05, 0.1) is 11.1 Å². The minimum absolute atomic E-state index is 0.0387. The molecule has 0 aromatic heterocycles. The summed E-state index contributed by atoms with van der Waals surface area (Å²) >= 11 is 12.1. The first kappa shape index (κ1) is 17.0. The quantitative estimate of drug-likeness (QED) is 0.823. The van der Waals surface area contributed by atoms with Crippen LogP contribution in [-0.2, 0) is 21.3 Å². The topological polar surface area (TPSA) is 67.4 Å². The Balaban J connectivity index is 2.19. The molecule has 1 aliphatic heterocycles. The highest BCUT2D eigenvalue weighted by Crippen LogP contribution is 2.28. The van der Waals surface area contributed by atoms with Crippen LogP contribution in [0, 0.1) is 0 Å². The van der Waals surface area contributed by atoms with Crippen LogP contribution in [0.25, 0.3) is 0 Å². The summed E-state index contributed by atoms with van der Waals surface area (Å²) in [5.41, 5.74) is 0.682. The van der Waals surface area contributed by atoms with Crippen molar-refractivity contribution in [2.75, 3.05) is 20.2 Å². The molecule has 8 heteroatoms. The fraction of sp³-hybridized carbons (Fsp3) is 0.538. The van der Waals surface area contributed by atoms with Crippen LogP contribution in [0.3, 0.4) is 0 Å². The number of halogens is 2. The van der Waals surface area contributed by atoms with Gasteiger partial charge in [-0.1, -0.05) is 23.2 Å². The highest BCUT2D eigenvalue weighted by Gasteiger charge is 2.23. The molecule has 0 saturated carbocycles. The summed E-state index contributed by atoms with van der Waals surface area (Å²) in [6, 6.07) is 2.95. The normalized spacial score (nSPS) is 19.1. The summed E-state index contributed by atoms with van der Waals surface area (Å²) in [6.45, 7) is 1.40. The van der Waals surface area contributed by atoms with Crippen LogP contribution in [0.5, 0.6) is 0 Å². The highest BCUT2D eigenvalue weighted by molar-refractivity contribution is 7.89. The molecular formula is C13H18Cl2N2O3S. The van der Waals surface area contributed by atoms with Crippen LogP contribution in [0.15, 0.2) is 17.0 Å². The van der Waals surface area contributed by atoms with Crippen molar-refractivity contribution >= 4 is 33.2 Å². The maximum atomic E-state index is 12.4. The maximum absolute atomic E-state index is 12.4. The van der Waals surface area contributed by atoms with Gasteiger partial charge < -0.3 is 10.1 Å². The third-order valence-electron chi connectivity index (χ3n) is 3.28. The molecule has 118 valence electrons. The van der Waals surface area contributed by atoms with E-state index in [1.165, 1.54) is 12.1 Å². The summed E-state index contributed by atoms with van der Waals surface area (Å²) in [5, 5.41) is 3.49. The lowest BCUT2D eigenvalue weighted by molar-refractivity contribution is 0.114. The van der Waals surface area contributed by atoms with Crippen molar-refractivity contribution in [2.45, 2.75) is 30.4 Å². The van der Waals surface area contributed by atoms with Crippen LogP contribution in [0.2, 0.25) is 10.0 Å². The molecule has 2 N–H and O–H groups in total. The third kappa shape index (κ3) is 4.31. The smallest absolute Gasteiger partial charge is 0.242 e. The Bertz CT molecular complexity index is 602. The summed E-state index contributed by atoms with van der Waals surface area (Å²) < 4.78 is 32.7. The Morgan fingerprint density at radius 3 is 2.71 bits per heavy atom. The molecule has 1 aliphatic rings. The molecule has 0 amide bonds. The van der Waals surface area contributed by atoms with Crippen molar-refractivity contribution in [3.63, 3.8) is 0 Å². The Labute approximate surface area is 135 Å². The van der Waals surface area contributed by atoms with Crippen molar-refractivity contribution < 1.29 is 13.2 Å². The van der Waals surface area contributed by atoms with E-state index in [1.807, 2.05) is 0 Å². The Morgan fingerprint density at radius 1 is 1.33 bits per heavy atom. The van der Waals surface area contributed by atoms with E-state index in [9.17, 15) is 8.42 Å². The van der Waals surface area contributed by atoms with Crippen molar-refractivity contribution in [1.29, 1.82) is 0 Å². The molecule has 0 aliphatic carbocycles. The van der Waals surface area contributed by atoms with Gasteiger partial charge in [-0.25, -0.2) is 13.1 Å². The average Bonchev–Trinajstić information content (AvgIpc) is 2.93. The zero-order valence-electron chi connectivity index (χ0n) is 11.7. The summed E-state index contributed by atoms with van der Waals surface area (Å²) in [7, 11) is -1.93. The van der Waals surface area contributed by atoms with Gasteiger partial charge in [0.1, 0.15) is 4.90 Å². The number of benzene rings is 1. The van der Waals surface area contributed by atoms with E-state index < -0.39 is 10.0 Å². The van der Waals surface area contributed by atoms with Gasteiger partial charge >= 0.3 is 0 Å². The van der Waals surface area contributed by atoms with E-state index in [4.69, 9.17) is 27.9 Å². The summed E-state index contributed by atoms with van der Waals surface area (Å²) in [6.07, 6.45) is 1.75. The molecule has 1 unspecified atom stereocenters. The zero-order chi connectivity index (χ0) is 15.5. The molecule has 21 heavy (non-hydrogen) atoms. The molecule has 1 atom stereocenters. The van der Waals surface area contributed by atoms with E-state index in [1.54, 1.807) is 7.05 Å². The Kier molecular flexibility index (Phi) is 5.88. The van der Waals surface area contributed by atoms with Gasteiger partial charge in [0.15, 0.2) is 0 Å². The lowest BCUT2D eigenvalue weighted by atomic mass is 10.2. The predicted molar refractivity (Wildman–Crippen MR) is 83.4 cm³/mol. The van der Waals surface area contributed by atoms with Gasteiger partial charge in [-0.05, 0) is 37.6 Å². The van der Waals surface area contributed by atoms with Gasteiger partial charge in [0.2, 0.25) is 10.0 Å². The van der Waals surface area contributed by atoms with Gasteiger partial charge in [0, 0.05) is 24.7 Å². The molecule has 2 rings (SSSR count). The van der Waals surface area contributed by atoms with Gasteiger partial charge in [-0.3, -0.25) is 0 Å². The number of hydrogen-bond donors (Lipinski definition) is 2. The summed E-state index contributed by atoms with van der Waals surface area (Å²) in [4.78, 5) is 0.0387. The highest BCUT2D eigenvalue weighted by atomic mass is 35.5. The van der Waals surface area contributed by atoms with E-state index in [-0.39, 0.29) is 22.6 Å². The molecule has 0 radical (unpaired) electrons. The first-order valence-electron chi connectivity index (χ1n) is 6.68. The molecular weight excluding hydrogens is 335 g/mol. The largest absolute Gasteiger partial charge is 0.377 e. The van der Waals surface area contributed by atoms with Crippen LogP contribution in [-0.4, -0.2) is 34.7 Å². The average molecular weight is 353 g/mol. The fourth-order valence-electron chi connectivity index (χ4n) is 2.19. The molecule has 1 heterocycles. The third-order valence-corrected chi connectivity index (χ3v) is 5.52. The zero-order valence-corrected chi connectivity index (χ0v) is 14.0. The maximum Gasteiger partial charge on any atom is 0.242 e. The molecule has 0 bridgehead atoms.